The van der Waals surface area contributed by atoms with E-state index in [1.165, 1.54) is 6.33 Å². The number of fused-ring (bicyclic) bond motifs is 1. The Morgan fingerprint density at radius 1 is 1.38 bits per heavy atom. The highest BCUT2D eigenvalue weighted by molar-refractivity contribution is 5.86. The van der Waals surface area contributed by atoms with Crippen molar-refractivity contribution in [3.8, 4) is 0 Å². The van der Waals surface area contributed by atoms with Crippen LogP contribution >= 0.6 is 0 Å². The topological polar surface area (TPSA) is 75.9 Å². The summed E-state index contributed by atoms with van der Waals surface area (Å²) in [5.74, 6) is 0.924. The van der Waals surface area contributed by atoms with Gasteiger partial charge in [0.15, 0.2) is 5.65 Å². The molecular formula is C16H21FN6O. The second kappa shape index (κ2) is 5.68. The number of carbonyl (C=O) groups excluding carboxylic acids is 1. The molecule has 0 aromatic carbocycles. The predicted octanol–water partition coefficient (Wildman–Crippen LogP) is 1.20. The van der Waals surface area contributed by atoms with Crippen LogP contribution in [-0.4, -0.2) is 51.0 Å². The van der Waals surface area contributed by atoms with Gasteiger partial charge in [0.05, 0.1) is 18.1 Å². The molecule has 2 aliphatic rings. The molecule has 1 saturated heterocycles. The molecule has 2 aromatic heterocycles. The number of carbonyl (C=O) groups is 1. The SMILES string of the molecule is Cn1ncc2c(N3CCC(F)(CNC(=O)C4CC4)CC3)ncnc21. The third-order valence-electron chi connectivity index (χ3n) is 5.00. The van der Waals surface area contributed by atoms with Crippen molar-refractivity contribution >= 4 is 22.8 Å². The molecule has 7 nitrogen and oxygen atoms in total. The molecule has 3 heterocycles. The van der Waals surface area contributed by atoms with Crippen molar-refractivity contribution in [1.29, 1.82) is 0 Å². The molecule has 8 heteroatoms. The Bertz CT molecular complexity index is 763. The molecule has 1 N–H and O–H groups in total. The van der Waals surface area contributed by atoms with Crippen LogP contribution in [0.15, 0.2) is 12.5 Å². The number of aryl methyl sites for hydroxylation is 1. The van der Waals surface area contributed by atoms with Gasteiger partial charge in [-0.05, 0) is 12.8 Å². The van der Waals surface area contributed by atoms with E-state index < -0.39 is 5.67 Å². The van der Waals surface area contributed by atoms with Crippen molar-refractivity contribution < 1.29 is 9.18 Å². The van der Waals surface area contributed by atoms with E-state index in [2.05, 4.69) is 25.3 Å². The fraction of sp³-hybridized carbons (Fsp3) is 0.625. The summed E-state index contributed by atoms with van der Waals surface area (Å²) in [6, 6.07) is 0. The summed E-state index contributed by atoms with van der Waals surface area (Å²) >= 11 is 0. The standard InChI is InChI=1S/C16H21FN6O/c1-22-13-12(8-21-22)14(20-10-19-13)23-6-4-16(17,5-7-23)9-18-15(24)11-2-3-11/h8,10-11H,2-7,9H2,1H3,(H,18,24). The zero-order valence-corrected chi connectivity index (χ0v) is 13.7. The normalized spacial score (nSPS) is 20.3. The van der Waals surface area contributed by atoms with Gasteiger partial charge < -0.3 is 10.2 Å². The number of halogens is 1. The van der Waals surface area contributed by atoms with Gasteiger partial charge in [0.25, 0.3) is 0 Å². The summed E-state index contributed by atoms with van der Waals surface area (Å²) in [5.41, 5.74) is -0.559. The lowest BCUT2D eigenvalue weighted by atomic mass is 9.93. The third-order valence-corrected chi connectivity index (χ3v) is 5.00. The van der Waals surface area contributed by atoms with Crippen molar-refractivity contribution in [2.45, 2.75) is 31.4 Å². The van der Waals surface area contributed by atoms with E-state index in [0.29, 0.717) is 25.9 Å². The maximum atomic E-state index is 14.9. The lowest BCUT2D eigenvalue weighted by Crippen LogP contribution is -2.48. The molecule has 1 saturated carbocycles. The summed E-state index contributed by atoms with van der Waals surface area (Å²) < 4.78 is 16.6. The minimum Gasteiger partial charge on any atom is -0.356 e. The first-order chi connectivity index (χ1) is 11.6. The molecule has 2 aromatic rings. The maximum Gasteiger partial charge on any atom is 0.223 e. The smallest absolute Gasteiger partial charge is 0.223 e. The highest BCUT2D eigenvalue weighted by Gasteiger charge is 2.37. The van der Waals surface area contributed by atoms with E-state index >= 15 is 0 Å². The van der Waals surface area contributed by atoms with E-state index in [1.54, 1.807) is 10.9 Å². The van der Waals surface area contributed by atoms with Gasteiger partial charge in [-0.15, -0.1) is 0 Å². The fourth-order valence-electron chi connectivity index (χ4n) is 3.23. The molecule has 0 spiro atoms. The summed E-state index contributed by atoms with van der Waals surface area (Å²) in [5, 5.41) is 7.87. The number of piperidine rings is 1. The van der Waals surface area contributed by atoms with Gasteiger partial charge in [0.1, 0.15) is 17.8 Å². The molecule has 128 valence electrons. The predicted molar refractivity (Wildman–Crippen MR) is 87.3 cm³/mol. The molecule has 0 unspecified atom stereocenters. The van der Waals surface area contributed by atoms with Crippen molar-refractivity contribution in [1.82, 2.24) is 25.1 Å². The van der Waals surface area contributed by atoms with Gasteiger partial charge in [0, 0.05) is 38.9 Å². The van der Waals surface area contributed by atoms with Crippen LogP contribution in [0.5, 0.6) is 0 Å². The molecule has 24 heavy (non-hydrogen) atoms. The Kier molecular flexibility index (Phi) is 3.62. The molecular weight excluding hydrogens is 311 g/mol. The van der Waals surface area contributed by atoms with Crippen LogP contribution < -0.4 is 10.2 Å². The van der Waals surface area contributed by atoms with E-state index in [4.69, 9.17) is 0 Å². The number of alkyl halides is 1. The van der Waals surface area contributed by atoms with Gasteiger partial charge in [-0.1, -0.05) is 0 Å². The molecule has 4 rings (SSSR count). The molecule has 1 aliphatic carbocycles. The zero-order valence-electron chi connectivity index (χ0n) is 13.7. The van der Waals surface area contributed by atoms with Gasteiger partial charge >= 0.3 is 0 Å². The Balaban J connectivity index is 1.42. The van der Waals surface area contributed by atoms with Gasteiger partial charge in [-0.2, -0.15) is 5.10 Å². The lowest BCUT2D eigenvalue weighted by molar-refractivity contribution is -0.123. The maximum absolute atomic E-state index is 14.9. The molecule has 0 radical (unpaired) electrons. The number of rotatable bonds is 4. The zero-order chi connectivity index (χ0) is 16.7. The Labute approximate surface area is 139 Å². The van der Waals surface area contributed by atoms with Crippen molar-refractivity contribution in [3.63, 3.8) is 0 Å². The number of nitrogens with one attached hydrogen (secondary N) is 1. The lowest BCUT2D eigenvalue weighted by Gasteiger charge is -2.37. The van der Waals surface area contributed by atoms with Gasteiger partial charge in [-0.3, -0.25) is 9.48 Å². The molecule has 0 bridgehead atoms. The second-order valence-corrected chi connectivity index (χ2v) is 6.83. The van der Waals surface area contributed by atoms with Crippen LogP contribution in [0, 0.1) is 5.92 Å². The Hall–Kier alpha value is -2.25. The minimum atomic E-state index is -1.33. The number of aromatic nitrogens is 4. The number of nitrogens with zero attached hydrogens (tertiary/aromatic N) is 5. The highest BCUT2D eigenvalue weighted by atomic mass is 19.1. The van der Waals surface area contributed by atoms with E-state index in [0.717, 1.165) is 29.7 Å². The number of hydrogen-bond acceptors (Lipinski definition) is 5. The monoisotopic (exact) mass is 332 g/mol. The molecule has 2 fully saturated rings. The van der Waals surface area contributed by atoms with Crippen LogP contribution in [-0.2, 0) is 11.8 Å². The average molecular weight is 332 g/mol. The summed E-state index contributed by atoms with van der Waals surface area (Å²) in [7, 11) is 1.84. The Morgan fingerprint density at radius 2 is 2.12 bits per heavy atom. The van der Waals surface area contributed by atoms with Crippen LogP contribution in [0.2, 0.25) is 0 Å². The first-order valence-electron chi connectivity index (χ1n) is 8.40. The highest BCUT2D eigenvalue weighted by Crippen LogP contribution is 2.32. The largest absolute Gasteiger partial charge is 0.356 e. The summed E-state index contributed by atoms with van der Waals surface area (Å²) in [6.07, 6.45) is 5.90. The molecule has 1 amide bonds. The molecule has 1 aliphatic heterocycles. The van der Waals surface area contributed by atoms with E-state index in [9.17, 15) is 9.18 Å². The second-order valence-electron chi connectivity index (χ2n) is 6.83. The van der Waals surface area contributed by atoms with E-state index in [-0.39, 0.29) is 18.4 Å². The van der Waals surface area contributed by atoms with Crippen LogP contribution in [0.1, 0.15) is 25.7 Å². The minimum absolute atomic E-state index is 0.00215. The van der Waals surface area contributed by atoms with Crippen molar-refractivity contribution in [3.05, 3.63) is 12.5 Å². The quantitative estimate of drug-likeness (QED) is 0.910. The van der Waals surface area contributed by atoms with Crippen LogP contribution in [0.3, 0.4) is 0 Å². The third kappa shape index (κ3) is 2.81. The summed E-state index contributed by atoms with van der Waals surface area (Å²) in [6.45, 7) is 1.25. The van der Waals surface area contributed by atoms with Crippen LogP contribution in [0.4, 0.5) is 10.2 Å². The first-order valence-corrected chi connectivity index (χ1v) is 8.40. The Morgan fingerprint density at radius 3 is 2.83 bits per heavy atom. The number of hydrogen-bond donors (Lipinski definition) is 1. The number of amides is 1. The van der Waals surface area contributed by atoms with E-state index in [1.807, 2.05) is 7.05 Å². The van der Waals surface area contributed by atoms with Gasteiger partial charge in [-0.25, -0.2) is 14.4 Å². The van der Waals surface area contributed by atoms with Gasteiger partial charge in [0.2, 0.25) is 5.91 Å². The first kappa shape index (κ1) is 15.3. The average Bonchev–Trinajstić information content (AvgIpc) is 3.37. The van der Waals surface area contributed by atoms with Crippen molar-refractivity contribution in [2.75, 3.05) is 24.5 Å². The van der Waals surface area contributed by atoms with Crippen LogP contribution in [0.25, 0.3) is 11.0 Å². The fourth-order valence-corrected chi connectivity index (χ4v) is 3.23. The molecule has 0 atom stereocenters. The summed E-state index contributed by atoms with van der Waals surface area (Å²) in [4.78, 5) is 22.4. The van der Waals surface area contributed by atoms with Crippen molar-refractivity contribution in [2.24, 2.45) is 13.0 Å². The number of anilines is 1.